The Morgan fingerprint density at radius 1 is 1.28 bits per heavy atom. The summed E-state index contributed by atoms with van der Waals surface area (Å²) in [4.78, 5) is 29.1. The number of H-pyrrole nitrogens is 1. The second kappa shape index (κ2) is 6.54. The average molecular weight is 378 g/mol. The summed E-state index contributed by atoms with van der Waals surface area (Å²) in [5.74, 6) is -0.343. The third-order valence-electron chi connectivity index (χ3n) is 3.38. The molecule has 0 atom stereocenters. The Bertz CT molecular complexity index is 1090. The standard InChI is InChI=1S/C16H9Cl2N3O4/c17-9-2-3-12-10(7-9)16(23)20-15(19-12)11(18)5-8-1-4-14(22)13(6-8)21(24)25/h1-7,22H,(H,19,20,23)/b11-5-. The van der Waals surface area contributed by atoms with Crippen LogP contribution in [0.1, 0.15) is 11.4 Å². The first-order valence-corrected chi connectivity index (χ1v) is 7.65. The van der Waals surface area contributed by atoms with E-state index in [1.54, 1.807) is 12.1 Å². The van der Waals surface area contributed by atoms with Gasteiger partial charge in [-0.2, -0.15) is 0 Å². The number of nitrogens with one attached hydrogen (secondary N) is 1. The van der Waals surface area contributed by atoms with Crippen LogP contribution in [0.5, 0.6) is 5.75 Å². The lowest BCUT2D eigenvalue weighted by atomic mass is 10.1. The van der Waals surface area contributed by atoms with Crippen molar-refractivity contribution in [2.24, 2.45) is 0 Å². The van der Waals surface area contributed by atoms with Crippen LogP contribution in [0.15, 0.2) is 41.2 Å². The molecule has 0 saturated carbocycles. The number of nitro benzene ring substituents is 1. The number of phenols is 1. The SMILES string of the molecule is O=c1[nH]c(/C(Cl)=C/c2ccc(O)c([N+](=O)[O-])c2)nc2ccc(Cl)cc12. The highest BCUT2D eigenvalue weighted by molar-refractivity contribution is 6.50. The predicted molar refractivity (Wildman–Crippen MR) is 95.9 cm³/mol. The normalized spacial score (nSPS) is 11.7. The van der Waals surface area contributed by atoms with E-state index in [1.807, 2.05) is 0 Å². The van der Waals surface area contributed by atoms with Crippen molar-refractivity contribution in [3.63, 3.8) is 0 Å². The van der Waals surface area contributed by atoms with Crippen molar-refractivity contribution in [1.82, 2.24) is 9.97 Å². The van der Waals surface area contributed by atoms with E-state index in [1.165, 1.54) is 24.3 Å². The zero-order valence-corrected chi connectivity index (χ0v) is 13.9. The van der Waals surface area contributed by atoms with Crippen LogP contribution in [-0.2, 0) is 0 Å². The van der Waals surface area contributed by atoms with Crippen molar-refractivity contribution in [3.8, 4) is 5.75 Å². The van der Waals surface area contributed by atoms with E-state index in [4.69, 9.17) is 23.2 Å². The fraction of sp³-hybridized carbons (Fsp3) is 0. The number of hydrogen-bond acceptors (Lipinski definition) is 5. The summed E-state index contributed by atoms with van der Waals surface area (Å²) in [7, 11) is 0. The van der Waals surface area contributed by atoms with E-state index in [-0.39, 0.29) is 10.9 Å². The fourth-order valence-corrected chi connectivity index (χ4v) is 2.60. The largest absolute Gasteiger partial charge is 0.502 e. The van der Waals surface area contributed by atoms with E-state index in [2.05, 4.69) is 9.97 Å². The van der Waals surface area contributed by atoms with Gasteiger partial charge < -0.3 is 10.1 Å². The first-order chi connectivity index (χ1) is 11.8. The van der Waals surface area contributed by atoms with Crippen LogP contribution in [-0.4, -0.2) is 20.0 Å². The van der Waals surface area contributed by atoms with Gasteiger partial charge in [0.2, 0.25) is 0 Å². The number of aromatic nitrogens is 2. The highest BCUT2D eigenvalue weighted by Crippen LogP contribution is 2.29. The molecule has 9 heteroatoms. The van der Waals surface area contributed by atoms with Gasteiger partial charge in [-0.15, -0.1) is 0 Å². The molecule has 0 aliphatic carbocycles. The van der Waals surface area contributed by atoms with Crippen LogP contribution in [0.3, 0.4) is 0 Å². The molecule has 2 aromatic carbocycles. The summed E-state index contributed by atoms with van der Waals surface area (Å²) < 4.78 is 0. The number of aromatic amines is 1. The maximum atomic E-state index is 12.1. The smallest absolute Gasteiger partial charge is 0.311 e. The van der Waals surface area contributed by atoms with Crippen molar-refractivity contribution in [2.75, 3.05) is 0 Å². The summed E-state index contributed by atoms with van der Waals surface area (Å²) >= 11 is 12.0. The predicted octanol–water partition coefficient (Wildman–Crippen LogP) is 3.93. The summed E-state index contributed by atoms with van der Waals surface area (Å²) in [5, 5.41) is 21.1. The monoisotopic (exact) mass is 377 g/mol. The minimum atomic E-state index is -0.708. The first kappa shape index (κ1) is 16.9. The molecule has 0 bridgehead atoms. The Balaban J connectivity index is 2.07. The number of benzene rings is 2. The van der Waals surface area contributed by atoms with Crippen LogP contribution >= 0.6 is 23.2 Å². The summed E-state index contributed by atoms with van der Waals surface area (Å²) in [6.45, 7) is 0. The van der Waals surface area contributed by atoms with Crippen LogP contribution in [0.25, 0.3) is 22.0 Å². The van der Waals surface area contributed by atoms with E-state index in [0.717, 1.165) is 6.07 Å². The number of nitrogens with zero attached hydrogens (tertiary/aromatic N) is 2. The van der Waals surface area contributed by atoms with Gasteiger partial charge in [0.05, 0.1) is 20.9 Å². The summed E-state index contributed by atoms with van der Waals surface area (Å²) in [6.07, 6.45) is 1.40. The summed E-state index contributed by atoms with van der Waals surface area (Å²) in [6, 6.07) is 8.48. The summed E-state index contributed by atoms with van der Waals surface area (Å²) in [5.41, 5.74) is -0.0849. The number of rotatable bonds is 3. The Kier molecular flexibility index (Phi) is 4.43. The molecule has 0 saturated heterocycles. The minimum Gasteiger partial charge on any atom is -0.502 e. The van der Waals surface area contributed by atoms with Gasteiger partial charge in [-0.05, 0) is 35.9 Å². The van der Waals surface area contributed by atoms with E-state index in [0.29, 0.717) is 21.5 Å². The molecule has 0 aliphatic rings. The van der Waals surface area contributed by atoms with Crippen LogP contribution in [0, 0.1) is 10.1 Å². The van der Waals surface area contributed by atoms with Crippen molar-refractivity contribution < 1.29 is 10.0 Å². The van der Waals surface area contributed by atoms with Crippen LogP contribution in [0.4, 0.5) is 5.69 Å². The van der Waals surface area contributed by atoms with Crippen LogP contribution in [0.2, 0.25) is 5.02 Å². The molecule has 126 valence electrons. The van der Waals surface area contributed by atoms with Crippen molar-refractivity contribution in [3.05, 3.63) is 73.3 Å². The highest BCUT2D eigenvalue weighted by atomic mass is 35.5. The van der Waals surface area contributed by atoms with Crippen molar-refractivity contribution in [2.45, 2.75) is 0 Å². The molecular weight excluding hydrogens is 369 g/mol. The van der Waals surface area contributed by atoms with Gasteiger partial charge in [0.1, 0.15) is 0 Å². The lowest BCUT2D eigenvalue weighted by Gasteiger charge is -2.03. The van der Waals surface area contributed by atoms with Crippen molar-refractivity contribution in [1.29, 1.82) is 0 Å². The number of halogens is 2. The third kappa shape index (κ3) is 3.47. The number of aromatic hydroxyl groups is 1. The Labute approximate surface area is 150 Å². The number of phenolic OH excluding ortho intramolecular Hbond substituents is 1. The molecule has 0 amide bonds. The molecule has 0 radical (unpaired) electrons. The molecule has 1 aromatic heterocycles. The Morgan fingerprint density at radius 2 is 2.04 bits per heavy atom. The lowest BCUT2D eigenvalue weighted by molar-refractivity contribution is -0.385. The fourth-order valence-electron chi connectivity index (χ4n) is 2.22. The third-order valence-corrected chi connectivity index (χ3v) is 3.91. The Hall–Kier alpha value is -2.90. The molecule has 0 unspecified atom stereocenters. The van der Waals surface area contributed by atoms with Gasteiger partial charge in [-0.1, -0.05) is 29.3 Å². The molecule has 7 nitrogen and oxygen atoms in total. The quantitative estimate of drug-likeness (QED) is 0.530. The second-order valence-electron chi connectivity index (χ2n) is 5.07. The molecule has 0 aliphatic heterocycles. The number of hydrogen-bond donors (Lipinski definition) is 2. The van der Waals surface area contributed by atoms with Gasteiger partial charge in [-0.3, -0.25) is 14.9 Å². The van der Waals surface area contributed by atoms with Gasteiger partial charge in [0, 0.05) is 11.1 Å². The average Bonchev–Trinajstić information content (AvgIpc) is 2.56. The van der Waals surface area contributed by atoms with E-state index < -0.39 is 21.9 Å². The molecule has 1 heterocycles. The first-order valence-electron chi connectivity index (χ1n) is 6.90. The van der Waals surface area contributed by atoms with Gasteiger partial charge in [-0.25, -0.2) is 4.98 Å². The minimum absolute atomic E-state index is 0.0777. The van der Waals surface area contributed by atoms with Gasteiger partial charge in [0.25, 0.3) is 5.56 Å². The maximum Gasteiger partial charge on any atom is 0.311 e. The lowest BCUT2D eigenvalue weighted by Crippen LogP contribution is -2.10. The maximum absolute atomic E-state index is 12.1. The second-order valence-corrected chi connectivity index (χ2v) is 5.92. The molecule has 0 spiro atoms. The number of fused-ring (bicyclic) bond motifs is 1. The molecule has 2 N–H and O–H groups in total. The topological polar surface area (TPSA) is 109 Å². The van der Waals surface area contributed by atoms with Crippen LogP contribution < -0.4 is 5.56 Å². The highest BCUT2D eigenvalue weighted by Gasteiger charge is 2.14. The molecule has 3 aromatic rings. The van der Waals surface area contributed by atoms with E-state index >= 15 is 0 Å². The zero-order chi connectivity index (χ0) is 18.1. The van der Waals surface area contributed by atoms with Gasteiger partial charge in [0.15, 0.2) is 11.6 Å². The van der Waals surface area contributed by atoms with E-state index in [9.17, 15) is 20.0 Å². The molecule has 0 fully saturated rings. The molecule has 3 rings (SSSR count). The Morgan fingerprint density at radius 3 is 2.76 bits per heavy atom. The molecule has 25 heavy (non-hydrogen) atoms. The number of nitro groups is 1. The van der Waals surface area contributed by atoms with Crippen molar-refractivity contribution >= 4 is 50.9 Å². The van der Waals surface area contributed by atoms with Gasteiger partial charge >= 0.3 is 5.69 Å². The zero-order valence-electron chi connectivity index (χ0n) is 12.4. The molecular formula is C16H9Cl2N3O4.